The molecule has 3 aliphatic rings. The maximum atomic E-state index is 12.3. The zero-order chi connectivity index (χ0) is 13.1. The fourth-order valence-electron chi connectivity index (χ4n) is 3.78. The van der Waals surface area contributed by atoms with E-state index >= 15 is 0 Å². The normalized spacial score (nSPS) is 32.3. The number of hydrogen-bond acceptors (Lipinski definition) is 3. The van der Waals surface area contributed by atoms with Crippen molar-refractivity contribution in [2.75, 3.05) is 39.4 Å². The van der Waals surface area contributed by atoms with Crippen molar-refractivity contribution >= 4 is 5.91 Å². The summed E-state index contributed by atoms with van der Waals surface area (Å²) in [4.78, 5) is 14.4. The van der Waals surface area contributed by atoms with E-state index in [0.29, 0.717) is 11.3 Å². The molecule has 1 unspecified atom stereocenters. The van der Waals surface area contributed by atoms with E-state index < -0.39 is 0 Å². The van der Waals surface area contributed by atoms with Crippen LogP contribution in [0, 0.1) is 11.3 Å². The van der Waals surface area contributed by atoms with Gasteiger partial charge in [-0.1, -0.05) is 0 Å². The molecular weight excluding hydrogens is 240 g/mol. The number of nitrogens with zero attached hydrogens (tertiary/aromatic N) is 1. The van der Waals surface area contributed by atoms with Crippen LogP contribution in [0.15, 0.2) is 0 Å². The van der Waals surface area contributed by atoms with Gasteiger partial charge in [-0.15, -0.1) is 0 Å². The van der Waals surface area contributed by atoms with E-state index in [1.54, 1.807) is 0 Å². The summed E-state index contributed by atoms with van der Waals surface area (Å²) in [6.45, 7) is 5.90. The summed E-state index contributed by atoms with van der Waals surface area (Å²) in [7, 11) is 0. The zero-order valence-electron chi connectivity index (χ0n) is 11.8. The molecule has 0 radical (unpaired) electrons. The van der Waals surface area contributed by atoms with Crippen LogP contribution < -0.4 is 5.32 Å². The number of hydrogen-bond donors (Lipinski definition) is 1. The number of likely N-dealkylation sites (tertiary alicyclic amines) is 1. The number of amides is 1. The van der Waals surface area contributed by atoms with Gasteiger partial charge in [0.15, 0.2) is 0 Å². The van der Waals surface area contributed by atoms with Gasteiger partial charge in [0.25, 0.3) is 0 Å². The molecule has 0 bridgehead atoms. The maximum Gasteiger partial charge on any atom is 0.222 e. The molecule has 3 aliphatic heterocycles. The first-order valence-electron chi connectivity index (χ1n) is 7.84. The Hall–Kier alpha value is -0.610. The molecule has 4 heteroatoms. The van der Waals surface area contributed by atoms with E-state index in [-0.39, 0.29) is 0 Å². The van der Waals surface area contributed by atoms with Gasteiger partial charge in [0.1, 0.15) is 0 Å². The molecule has 0 aromatic carbocycles. The van der Waals surface area contributed by atoms with E-state index in [1.807, 2.05) is 0 Å². The Bertz CT molecular complexity index is 320. The van der Waals surface area contributed by atoms with Crippen molar-refractivity contribution in [1.82, 2.24) is 10.2 Å². The standard InChI is InChI=1S/C15H26N2O2/c18-14(2-1-13-3-7-16-8-4-13)17-9-5-15(11-17)6-10-19-12-15/h13,16H,1-12H2. The fraction of sp³-hybridized carbons (Fsp3) is 0.933. The molecule has 1 N–H and O–H groups in total. The highest BCUT2D eigenvalue weighted by atomic mass is 16.5. The average molecular weight is 266 g/mol. The molecule has 4 nitrogen and oxygen atoms in total. The molecule has 3 rings (SSSR count). The van der Waals surface area contributed by atoms with Gasteiger partial charge in [-0.25, -0.2) is 0 Å². The van der Waals surface area contributed by atoms with Crippen LogP contribution in [0.1, 0.15) is 38.5 Å². The lowest BCUT2D eigenvalue weighted by atomic mass is 9.87. The van der Waals surface area contributed by atoms with Crippen molar-refractivity contribution in [2.24, 2.45) is 11.3 Å². The summed E-state index contributed by atoms with van der Waals surface area (Å²) >= 11 is 0. The SMILES string of the molecule is O=C(CCC1CCNCC1)N1CCC2(CCOC2)C1. The van der Waals surface area contributed by atoms with Crippen LogP contribution in [-0.2, 0) is 9.53 Å². The zero-order valence-corrected chi connectivity index (χ0v) is 11.8. The molecule has 0 aromatic rings. The molecular formula is C15H26N2O2. The minimum Gasteiger partial charge on any atom is -0.381 e. The van der Waals surface area contributed by atoms with Gasteiger partial charge >= 0.3 is 0 Å². The monoisotopic (exact) mass is 266 g/mol. The number of piperidine rings is 1. The van der Waals surface area contributed by atoms with Gasteiger partial charge < -0.3 is 15.0 Å². The van der Waals surface area contributed by atoms with E-state index in [0.717, 1.165) is 71.0 Å². The lowest BCUT2D eigenvalue weighted by Gasteiger charge is -2.24. The van der Waals surface area contributed by atoms with Crippen LogP contribution in [0.4, 0.5) is 0 Å². The summed E-state index contributed by atoms with van der Waals surface area (Å²) in [5.41, 5.74) is 0.310. The van der Waals surface area contributed by atoms with Gasteiger partial charge in [0, 0.05) is 31.5 Å². The van der Waals surface area contributed by atoms with E-state index in [2.05, 4.69) is 10.2 Å². The molecule has 1 atom stereocenters. The highest BCUT2D eigenvalue weighted by Gasteiger charge is 2.42. The minimum atomic E-state index is 0.310. The molecule has 3 fully saturated rings. The van der Waals surface area contributed by atoms with Crippen LogP contribution in [-0.4, -0.2) is 50.2 Å². The van der Waals surface area contributed by atoms with Crippen molar-refractivity contribution in [3.8, 4) is 0 Å². The molecule has 1 amide bonds. The first-order chi connectivity index (χ1) is 9.27. The topological polar surface area (TPSA) is 41.6 Å². The molecule has 3 heterocycles. The Labute approximate surface area is 115 Å². The summed E-state index contributed by atoms with van der Waals surface area (Å²) in [5.74, 6) is 1.14. The third-order valence-electron chi connectivity index (χ3n) is 5.20. The number of carbonyl (C=O) groups excluding carboxylic acids is 1. The molecule has 108 valence electrons. The predicted octanol–water partition coefficient (Wildman–Crippen LogP) is 1.41. The highest BCUT2D eigenvalue weighted by molar-refractivity contribution is 5.76. The van der Waals surface area contributed by atoms with Crippen molar-refractivity contribution in [1.29, 1.82) is 0 Å². The largest absolute Gasteiger partial charge is 0.381 e. The Morgan fingerprint density at radius 2 is 2.16 bits per heavy atom. The molecule has 3 saturated heterocycles. The number of carbonyl (C=O) groups is 1. The van der Waals surface area contributed by atoms with E-state index in [9.17, 15) is 4.79 Å². The van der Waals surface area contributed by atoms with Crippen molar-refractivity contribution in [2.45, 2.75) is 38.5 Å². The first-order valence-corrected chi connectivity index (χ1v) is 7.84. The van der Waals surface area contributed by atoms with Gasteiger partial charge in [-0.2, -0.15) is 0 Å². The summed E-state index contributed by atoms with van der Waals surface area (Å²) in [6.07, 6.45) is 6.61. The van der Waals surface area contributed by atoms with Crippen molar-refractivity contribution in [3.63, 3.8) is 0 Å². The Balaban J connectivity index is 1.43. The third kappa shape index (κ3) is 3.11. The molecule has 19 heavy (non-hydrogen) atoms. The average Bonchev–Trinajstić information content (AvgIpc) is 3.08. The van der Waals surface area contributed by atoms with Gasteiger partial charge in [-0.05, 0) is 51.1 Å². The lowest BCUT2D eigenvalue weighted by Crippen LogP contribution is -2.33. The first kappa shape index (κ1) is 13.4. The highest BCUT2D eigenvalue weighted by Crippen LogP contribution is 2.38. The molecule has 0 saturated carbocycles. The van der Waals surface area contributed by atoms with Crippen LogP contribution in [0.3, 0.4) is 0 Å². The number of rotatable bonds is 3. The predicted molar refractivity (Wildman–Crippen MR) is 73.9 cm³/mol. The van der Waals surface area contributed by atoms with Gasteiger partial charge in [0.05, 0.1) is 6.61 Å². The second kappa shape index (κ2) is 5.80. The summed E-state index contributed by atoms with van der Waals surface area (Å²) < 4.78 is 5.52. The maximum absolute atomic E-state index is 12.3. The van der Waals surface area contributed by atoms with Gasteiger partial charge in [0.2, 0.25) is 5.91 Å². The molecule has 0 aliphatic carbocycles. The Morgan fingerprint density at radius 3 is 2.89 bits per heavy atom. The summed E-state index contributed by atoms with van der Waals surface area (Å²) in [5, 5.41) is 3.38. The fourth-order valence-corrected chi connectivity index (χ4v) is 3.78. The van der Waals surface area contributed by atoms with Crippen LogP contribution in [0.5, 0.6) is 0 Å². The van der Waals surface area contributed by atoms with E-state index in [4.69, 9.17) is 4.74 Å². The van der Waals surface area contributed by atoms with Crippen molar-refractivity contribution in [3.05, 3.63) is 0 Å². The van der Waals surface area contributed by atoms with Crippen molar-refractivity contribution < 1.29 is 9.53 Å². The Morgan fingerprint density at radius 1 is 1.32 bits per heavy atom. The van der Waals surface area contributed by atoms with Crippen LogP contribution in [0.25, 0.3) is 0 Å². The number of ether oxygens (including phenoxy) is 1. The third-order valence-corrected chi connectivity index (χ3v) is 5.20. The Kier molecular flexibility index (Phi) is 4.08. The van der Waals surface area contributed by atoms with Crippen LogP contribution in [0.2, 0.25) is 0 Å². The van der Waals surface area contributed by atoms with Gasteiger partial charge in [-0.3, -0.25) is 4.79 Å². The smallest absolute Gasteiger partial charge is 0.222 e. The lowest BCUT2D eigenvalue weighted by molar-refractivity contribution is -0.130. The second-order valence-electron chi connectivity index (χ2n) is 6.60. The van der Waals surface area contributed by atoms with Crippen LogP contribution >= 0.6 is 0 Å². The summed E-state index contributed by atoms with van der Waals surface area (Å²) in [6, 6.07) is 0. The minimum absolute atomic E-state index is 0.310. The molecule has 1 spiro atoms. The molecule has 0 aromatic heterocycles. The number of nitrogens with one attached hydrogen (secondary N) is 1. The quantitative estimate of drug-likeness (QED) is 0.839. The second-order valence-corrected chi connectivity index (χ2v) is 6.60. The van der Waals surface area contributed by atoms with E-state index in [1.165, 1.54) is 12.8 Å².